The van der Waals surface area contributed by atoms with Crippen molar-refractivity contribution in [2.75, 3.05) is 0 Å². The van der Waals surface area contributed by atoms with Gasteiger partial charge in [0.15, 0.2) is 5.78 Å². The summed E-state index contributed by atoms with van der Waals surface area (Å²) in [7, 11) is -3.98. The SMILES string of the molecule is CC(=O)c1nc(S(=O)(=O)Cc2ccccc2F)ncc1Cl. The van der Waals surface area contributed by atoms with E-state index in [4.69, 9.17) is 11.6 Å². The van der Waals surface area contributed by atoms with Gasteiger partial charge in [0.1, 0.15) is 11.5 Å². The highest BCUT2D eigenvalue weighted by molar-refractivity contribution is 7.90. The van der Waals surface area contributed by atoms with Gasteiger partial charge in [0.05, 0.1) is 17.0 Å². The predicted molar refractivity (Wildman–Crippen MR) is 74.3 cm³/mol. The van der Waals surface area contributed by atoms with Crippen LogP contribution in [0.4, 0.5) is 4.39 Å². The number of hydrogen-bond acceptors (Lipinski definition) is 5. The molecule has 2 rings (SSSR count). The lowest BCUT2D eigenvalue weighted by atomic mass is 10.2. The van der Waals surface area contributed by atoms with E-state index >= 15 is 0 Å². The average Bonchev–Trinajstić information content (AvgIpc) is 2.41. The number of benzene rings is 1. The number of ketones is 1. The Morgan fingerprint density at radius 2 is 2.00 bits per heavy atom. The molecule has 0 unspecified atom stereocenters. The zero-order chi connectivity index (χ0) is 15.6. The highest BCUT2D eigenvalue weighted by Gasteiger charge is 2.23. The van der Waals surface area contributed by atoms with Crippen molar-refractivity contribution in [1.29, 1.82) is 0 Å². The van der Waals surface area contributed by atoms with Crippen molar-refractivity contribution < 1.29 is 17.6 Å². The van der Waals surface area contributed by atoms with Gasteiger partial charge in [-0.2, -0.15) is 0 Å². The second-order valence-electron chi connectivity index (χ2n) is 4.26. The van der Waals surface area contributed by atoms with Gasteiger partial charge in [-0.15, -0.1) is 0 Å². The second-order valence-corrected chi connectivity index (χ2v) is 6.55. The molecule has 0 aliphatic rings. The molecule has 0 N–H and O–H groups in total. The van der Waals surface area contributed by atoms with Crippen molar-refractivity contribution in [3.8, 4) is 0 Å². The maximum atomic E-state index is 13.5. The smallest absolute Gasteiger partial charge is 0.248 e. The lowest BCUT2D eigenvalue weighted by molar-refractivity contribution is 0.101. The van der Waals surface area contributed by atoms with Crippen LogP contribution in [0.2, 0.25) is 5.02 Å². The number of halogens is 2. The summed E-state index contributed by atoms with van der Waals surface area (Å²) in [6, 6.07) is 5.50. The molecule has 0 fully saturated rings. The number of hydrogen-bond donors (Lipinski definition) is 0. The predicted octanol–water partition coefficient (Wildman–Crippen LogP) is 2.45. The third-order valence-electron chi connectivity index (χ3n) is 2.64. The quantitative estimate of drug-likeness (QED) is 0.636. The summed E-state index contributed by atoms with van der Waals surface area (Å²) in [4.78, 5) is 18.6. The monoisotopic (exact) mass is 328 g/mol. The molecular formula is C13H10ClFN2O3S. The maximum Gasteiger partial charge on any atom is 0.248 e. The van der Waals surface area contributed by atoms with Gasteiger partial charge < -0.3 is 0 Å². The minimum atomic E-state index is -3.98. The van der Waals surface area contributed by atoms with Gasteiger partial charge >= 0.3 is 0 Å². The Morgan fingerprint density at radius 1 is 1.33 bits per heavy atom. The minimum absolute atomic E-state index is 0.000394. The van der Waals surface area contributed by atoms with Gasteiger partial charge in [-0.3, -0.25) is 4.79 Å². The number of aromatic nitrogens is 2. The molecule has 110 valence electrons. The third-order valence-corrected chi connectivity index (χ3v) is 4.36. The Labute approximate surface area is 125 Å². The second kappa shape index (κ2) is 5.87. The van der Waals surface area contributed by atoms with Crippen LogP contribution < -0.4 is 0 Å². The number of carbonyl (C=O) groups excluding carboxylic acids is 1. The zero-order valence-corrected chi connectivity index (χ0v) is 12.4. The molecule has 1 aromatic carbocycles. The first-order valence-corrected chi connectivity index (χ1v) is 7.84. The summed E-state index contributed by atoms with van der Waals surface area (Å²) in [6.45, 7) is 1.21. The molecule has 8 heteroatoms. The minimum Gasteiger partial charge on any atom is -0.293 e. The molecule has 0 saturated carbocycles. The van der Waals surface area contributed by atoms with E-state index in [-0.39, 0.29) is 16.3 Å². The van der Waals surface area contributed by atoms with Crippen LogP contribution in [0.3, 0.4) is 0 Å². The molecule has 0 amide bonds. The normalized spacial score (nSPS) is 11.4. The summed E-state index contributed by atoms with van der Waals surface area (Å²) in [5.74, 6) is -1.72. The highest BCUT2D eigenvalue weighted by atomic mass is 35.5. The van der Waals surface area contributed by atoms with Crippen LogP contribution >= 0.6 is 11.6 Å². The Morgan fingerprint density at radius 3 is 2.62 bits per heavy atom. The van der Waals surface area contributed by atoms with E-state index in [1.807, 2.05) is 0 Å². The number of Topliss-reactive ketones (excluding diaryl/α,β-unsaturated/α-hetero) is 1. The van der Waals surface area contributed by atoms with Crippen LogP contribution in [0.15, 0.2) is 35.6 Å². The van der Waals surface area contributed by atoms with E-state index < -0.39 is 32.3 Å². The first-order valence-electron chi connectivity index (χ1n) is 5.81. The Bertz CT molecular complexity index is 809. The summed E-state index contributed by atoms with van der Waals surface area (Å²) in [5.41, 5.74) is -0.181. The largest absolute Gasteiger partial charge is 0.293 e. The molecule has 0 aliphatic carbocycles. The van der Waals surface area contributed by atoms with Crippen molar-refractivity contribution >= 4 is 27.2 Å². The highest BCUT2D eigenvalue weighted by Crippen LogP contribution is 2.19. The van der Waals surface area contributed by atoms with Crippen LogP contribution in [0.25, 0.3) is 0 Å². The molecule has 2 aromatic rings. The van der Waals surface area contributed by atoms with E-state index in [0.717, 1.165) is 12.3 Å². The van der Waals surface area contributed by atoms with E-state index in [9.17, 15) is 17.6 Å². The fraction of sp³-hybridized carbons (Fsp3) is 0.154. The number of nitrogens with zero attached hydrogens (tertiary/aromatic N) is 2. The standard InChI is InChI=1S/C13H10ClFN2O3S/c1-8(18)12-10(14)6-16-13(17-12)21(19,20)7-9-4-2-3-5-11(9)15/h2-6H,7H2,1H3. The van der Waals surface area contributed by atoms with E-state index in [1.165, 1.54) is 25.1 Å². The molecule has 0 radical (unpaired) electrons. The molecule has 5 nitrogen and oxygen atoms in total. The molecule has 1 aromatic heterocycles. The molecule has 0 aliphatic heterocycles. The Hall–Kier alpha value is -1.86. The first-order chi connectivity index (χ1) is 9.81. The van der Waals surface area contributed by atoms with Gasteiger partial charge in [-0.25, -0.2) is 22.8 Å². The van der Waals surface area contributed by atoms with Gasteiger partial charge in [0, 0.05) is 12.5 Å². The van der Waals surface area contributed by atoms with Crippen molar-refractivity contribution in [2.45, 2.75) is 17.8 Å². The van der Waals surface area contributed by atoms with Crippen molar-refractivity contribution in [2.24, 2.45) is 0 Å². The summed E-state index contributed by atoms with van der Waals surface area (Å²) in [6.07, 6.45) is 1.04. The molecule has 0 atom stereocenters. The average molecular weight is 329 g/mol. The van der Waals surface area contributed by atoms with Gasteiger partial charge in [0.2, 0.25) is 15.0 Å². The molecule has 0 bridgehead atoms. The van der Waals surface area contributed by atoms with Crippen LogP contribution in [0, 0.1) is 5.82 Å². The van der Waals surface area contributed by atoms with Crippen LogP contribution in [-0.4, -0.2) is 24.2 Å². The van der Waals surface area contributed by atoms with Gasteiger partial charge in [-0.1, -0.05) is 29.8 Å². The maximum absolute atomic E-state index is 13.5. The fourth-order valence-corrected chi connectivity index (χ4v) is 3.07. The van der Waals surface area contributed by atoms with Crippen molar-refractivity contribution in [3.05, 3.63) is 52.6 Å². The van der Waals surface area contributed by atoms with E-state index in [0.29, 0.717) is 0 Å². The summed E-state index contributed by atoms with van der Waals surface area (Å²) < 4.78 is 37.9. The molecule has 0 saturated heterocycles. The Kier molecular flexibility index (Phi) is 4.34. The number of sulfone groups is 1. The van der Waals surface area contributed by atoms with Gasteiger partial charge in [-0.05, 0) is 6.07 Å². The molecule has 1 heterocycles. The zero-order valence-electron chi connectivity index (χ0n) is 10.9. The van der Waals surface area contributed by atoms with Crippen molar-refractivity contribution in [1.82, 2.24) is 9.97 Å². The van der Waals surface area contributed by atoms with Crippen molar-refractivity contribution in [3.63, 3.8) is 0 Å². The number of rotatable bonds is 4. The summed E-state index contributed by atoms with van der Waals surface area (Å²) >= 11 is 5.73. The molecule has 0 spiro atoms. The lowest BCUT2D eigenvalue weighted by Gasteiger charge is -2.06. The molecular weight excluding hydrogens is 319 g/mol. The first kappa shape index (κ1) is 15.5. The van der Waals surface area contributed by atoms with E-state index in [2.05, 4.69) is 9.97 Å². The summed E-state index contributed by atoms with van der Waals surface area (Å²) in [5, 5.41) is -0.590. The third kappa shape index (κ3) is 3.43. The van der Waals surface area contributed by atoms with Crippen LogP contribution in [-0.2, 0) is 15.6 Å². The van der Waals surface area contributed by atoms with Crippen LogP contribution in [0.1, 0.15) is 23.0 Å². The fourth-order valence-electron chi connectivity index (χ4n) is 1.63. The molecule has 21 heavy (non-hydrogen) atoms. The topological polar surface area (TPSA) is 77.0 Å². The van der Waals surface area contributed by atoms with Gasteiger partial charge in [0.25, 0.3) is 0 Å². The Balaban J connectivity index is 2.43. The number of carbonyl (C=O) groups is 1. The van der Waals surface area contributed by atoms with E-state index in [1.54, 1.807) is 0 Å². The van der Waals surface area contributed by atoms with Crippen LogP contribution in [0.5, 0.6) is 0 Å². The lowest BCUT2D eigenvalue weighted by Crippen LogP contribution is -2.13.